The summed E-state index contributed by atoms with van der Waals surface area (Å²) in [7, 11) is 1.60. The lowest BCUT2D eigenvalue weighted by Crippen LogP contribution is -2.46. The Morgan fingerprint density at radius 3 is 2.95 bits per heavy atom. The van der Waals surface area contributed by atoms with Crippen molar-refractivity contribution in [2.24, 2.45) is 5.41 Å². The van der Waals surface area contributed by atoms with Gasteiger partial charge >= 0.3 is 0 Å². The number of benzene rings is 1. The van der Waals surface area contributed by atoms with Crippen LogP contribution in [0.15, 0.2) is 22.7 Å². The van der Waals surface area contributed by atoms with Gasteiger partial charge in [0.05, 0.1) is 18.2 Å². The highest BCUT2D eigenvalue weighted by Gasteiger charge is 2.34. The fourth-order valence-corrected chi connectivity index (χ4v) is 2.66. The highest BCUT2D eigenvalue weighted by Crippen LogP contribution is 2.32. The van der Waals surface area contributed by atoms with Gasteiger partial charge in [-0.15, -0.1) is 0 Å². The second-order valence-electron chi connectivity index (χ2n) is 5.14. The molecule has 104 valence electrons. The summed E-state index contributed by atoms with van der Waals surface area (Å²) in [5.74, 6) is 0.708. The molecule has 0 spiro atoms. The lowest BCUT2D eigenvalue weighted by Gasteiger charge is -2.32. The maximum absolute atomic E-state index is 12.4. The Morgan fingerprint density at radius 2 is 2.32 bits per heavy atom. The molecule has 1 aromatic carbocycles. The predicted octanol–water partition coefficient (Wildman–Crippen LogP) is 2.79. The van der Waals surface area contributed by atoms with Gasteiger partial charge in [0.25, 0.3) is 0 Å². The summed E-state index contributed by atoms with van der Waals surface area (Å²) in [6.45, 7) is 3.71. The second-order valence-corrected chi connectivity index (χ2v) is 6.06. The van der Waals surface area contributed by atoms with Gasteiger partial charge in [-0.1, -0.05) is 15.9 Å². The summed E-state index contributed by atoms with van der Waals surface area (Å²) < 4.78 is 6.18. The summed E-state index contributed by atoms with van der Waals surface area (Å²) in [4.78, 5) is 12.4. The normalized spacial score (nSPS) is 22.9. The van der Waals surface area contributed by atoms with Crippen LogP contribution in [0.4, 0.5) is 5.69 Å². The van der Waals surface area contributed by atoms with Gasteiger partial charge in [0.2, 0.25) is 5.91 Å². The first-order chi connectivity index (χ1) is 9.05. The first-order valence-corrected chi connectivity index (χ1v) is 7.20. The summed E-state index contributed by atoms with van der Waals surface area (Å²) in [5.41, 5.74) is 0.347. The lowest BCUT2D eigenvalue weighted by molar-refractivity contribution is -0.125. The van der Waals surface area contributed by atoms with Crippen molar-refractivity contribution in [3.63, 3.8) is 0 Å². The van der Waals surface area contributed by atoms with Crippen molar-refractivity contribution < 1.29 is 9.53 Å². The third-order valence-electron chi connectivity index (χ3n) is 3.56. The van der Waals surface area contributed by atoms with Gasteiger partial charge in [-0.2, -0.15) is 0 Å². The molecular weight excluding hydrogens is 308 g/mol. The number of hydrogen-bond donors (Lipinski definition) is 2. The molecule has 1 aromatic rings. The topological polar surface area (TPSA) is 50.4 Å². The van der Waals surface area contributed by atoms with Crippen LogP contribution in [-0.2, 0) is 4.79 Å². The Balaban J connectivity index is 2.16. The molecule has 0 saturated carbocycles. The first kappa shape index (κ1) is 14.3. The molecule has 0 aromatic heterocycles. The average molecular weight is 327 g/mol. The van der Waals surface area contributed by atoms with Gasteiger partial charge in [0.1, 0.15) is 5.75 Å². The van der Waals surface area contributed by atoms with Crippen LogP contribution in [0, 0.1) is 5.41 Å². The Kier molecular flexibility index (Phi) is 4.47. The maximum Gasteiger partial charge on any atom is 0.231 e. The van der Waals surface area contributed by atoms with Crippen LogP contribution in [0.3, 0.4) is 0 Å². The molecule has 1 amide bonds. The van der Waals surface area contributed by atoms with Crippen molar-refractivity contribution in [1.82, 2.24) is 5.32 Å². The van der Waals surface area contributed by atoms with Crippen molar-refractivity contribution in [2.75, 3.05) is 25.5 Å². The zero-order valence-corrected chi connectivity index (χ0v) is 12.8. The van der Waals surface area contributed by atoms with Gasteiger partial charge in [-0.25, -0.2) is 0 Å². The summed E-state index contributed by atoms with van der Waals surface area (Å²) in [5, 5.41) is 6.26. The number of rotatable bonds is 3. The van der Waals surface area contributed by atoms with Crippen molar-refractivity contribution in [3.05, 3.63) is 22.7 Å². The molecule has 1 unspecified atom stereocenters. The molecule has 1 heterocycles. The molecule has 1 fully saturated rings. The minimum absolute atomic E-state index is 0.0381. The zero-order valence-electron chi connectivity index (χ0n) is 11.3. The van der Waals surface area contributed by atoms with E-state index in [1.165, 1.54) is 0 Å². The number of hydrogen-bond acceptors (Lipinski definition) is 3. The van der Waals surface area contributed by atoms with Crippen LogP contribution in [0.5, 0.6) is 5.75 Å². The highest BCUT2D eigenvalue weighted by atomic mass is 79.9. The van der Waals surface area contributed by atoms with Gasteiger partial charge in [-0.05, 0) is 44.5 Å². The molecule has 2 N–H and O–H groups in total. The molecule has 1 aliphatic heterocycles. The van der Waals surface area contributed by atoms with Crippen LogP contribution in [-0.4, -0.2) is 26.1 Å². The second kappa shape index (κ2) is 5.92. The standard InChI is InChI=1S/C14H19BrN2O2/c1-14(6-3-7-16-9-14)13(18)17-11-8-10(15)4-5-12(11)19-2/h4-5,8,16H,3,6-7,9H2,1-2H3,(H,17,18). The van der Waals surface area contributed by atoms with E-state index in [0.717, 1.165) is 30.4 Å². The zero-order chi connectivity index (χ0) is 13.9. The van der Waals surface area contributed by atoms with Crippen LogP contribution in [0.2, 0.25) is 0 Å². The number of anilines is 1. The largest absolute Gasteiger partial charge is 0.495 e. The van der Waals surface area contributed by atoms with E-state index in [1.54, 1.807) is 7.11 Å². The quantitative estimate of drug-likeness (QED) is 0.898. The van der Waals surface area contributed by atoms with Gasteiger partial charge in [-0.3, -0.25) is 4.79 Å². The van der Waals surface area contributed by atoms with Crippen LogP contribution in [0.1, 0.15) is 19.8 Å². The number of methoxy groups -OCH3 is 1. The summed E-state index contributed by atoms with van der Waals surface area (Å²) in [6, 6.07) is 5.58. The molecular formula is C14H19BrN2O2. The van der Waals surface area contributed by atoms with E-state index in [-0.39, 0.29) is 11.3 Å². The Hall–Kier alpha value is -1.07. The smallest absolute Gasteiger partial charge is 0.231 e. The third-order valence-corrected chi connectivity index (χ3v) is 4.05. The van der Waals surface area contributed by atoms with Crippen molar-refractivity contribution in [1.29, 1.82) is 0 Å². The van der Waals surface area contributed by atoms with Crippen LogP contribution >= 0.6 is 15.9 Å². The predicted molar refractivity (Wildman–Crippen MR) is 79.5 cm³/mol. The van der Waals surface area contributed by atoms with Crippen molar-refractivity contribution in [3.8, 4) is 5.75 Å². The fraction of sp³-hybridized carbons (Fsp3) is 0.500. The number of piperidine rings is 1. The Bertz CT molecular complexity index is 471. The molecule has 1 saturated heterocycles. The average Bonchev–Trinajstić information content (AvgIpc) is 2.40. The molecule has 1 atom stereocenters. The number of halogens is 1. The minimum Gasteiger partial charge on any atom is -0.495 e. The number of carbonyl (C=O) groups is 1. The molecule has 5 heteroatoms. The highest BCUT2D eigenvalue weighted by molar-refractivity contribution is 9.10. The molecule has 0 bridgehead atoms. The Labute approximate surface area is 122 Å². The first-order valence-electron chi connectivity index (χ1n) is 6.41. The summed E-state index contributed by atoms with van der Waals surface area (Å²) in [6.07, 6.45) is 1.93. The number of nitrogens with one attached hydrogen (secondary N) is 2. The van der Waals surface area contributed by atoms with E-state index < -0.39 is 0 Å². The lowest BCUT2D eigenvalue weighted by atomic mass is 9.82. The molecule has 1 aliphatic rings. The van der Waals surface area contributed by atoms with E-state index in [2.05, 4.69) is 26.6 Å². The van der Waals surface area contributed by atoms with E-state index in [1.807, 2.05) is 25.1 Å². The number of carbonyl (C=O) groups excluding carboxylic acids is 1. The van der Waals surface area contributed by atoms with Gasteiger partial charge < -0.3 is 15.4 Å². The van der Waals surface area contributed by atoms with Crippen LogP contribution in [0.25, 0.3) is 0 Å². The van der Waals surface area contributed by atoms with Crippen LogP contribution < -0.4 is 15.4 Å². The van der Waals surface area contributed by atoms with E-state index >= 15 is 0 Å². The van der Waals surface area contributed by atoms with E-state index in [4.69, 9.17) is 4.74 Å². The monoisotopic (exact) mass is 326 g/mol. The minimum atomic E-state index is -0.356. The molecule has 19 heavy (non-hydrogen) atoms. The van der Waals surface area contributed by atoms with Crippen molar-refractivity contribution >= 4 is 27.5 Å². The maximum atomic E-state index is 12.4. The van der Waals surface area contributed by atoms with E-state index in [0.29, 0.717) is 11.4 Å². The van der Waals surface area contributed by atoms with Crippen molar-refractivity contribution in [2.45, 2.75) is 19.8 Å². The molecule has 0 radical (unpaired) electrons. The molecule has 4 nitrogen and oxygen atoms in total. The number of ether oxygens (including phenoxy) is 1. The van der Waals surface area contributed by atoms with E-state index in [9.17, 15) is 4.79 Å². The third kappa shape index (κ3) is 3.28. The number of amides is 1. The summed E-state index contributed by atoms with van der Waals surface area (Å²) >= 11 is 3.41. The fourth-order valence-electron chi connectivity index (χ4n) is 2.30. The van der Waals surface area contributed by atoms with Gasteiger partial charge in [0.15, 0.2) is 0 Å². The van der Waals surface area contributed by atoms with Gasteiger partial charge in [0, 0.05) is 11.0 Å². The SMILES string of the molecule is COc1ccc(Br)cc1NC(=O)C1(C)CCCNC1. The Morgan fingerprint density at radius 1 is 1.53 bits per heavy atom. The molecule has 2 rings (SSSR count). The molecule has 0 aliphatic carbocycles.